The molecule has 0 heterocycles. The van der Waals surface area contributed by atoms with E-state index in [4.69, 9.17) is 5.11 Å². The van der Waals surface area contributed by atoms with Gasteiger partial charge in [0.25, 0.3) is 0 Å². The third-order valence-corrected chi connectivity index (χ3v) is 3.54. The molecule has 0 aliphatic heterocycles. The van der Waals surface area contributed by atoms with Gasteiger partial charge >= 0.3 is 5.97 Å². The quantitative estimate of drug-likeness (QED) is 0.621. The second-order valence-electron chi connectivity index (χ2n) is 5.06. The number of nitrogens with zero attached hydrogens (tertiary/aromatic N) is 3. The molecule has 0 fully saturated rings. The van der Waals surface area contributed by atoms with E-state index in [2.05, 4.69) is 19.9 Å². The van der Waals surface area contributed by atoms with Crippen LogP contribution in [0, 0.1) is 0 Å². The molecule has 1 N–H and O–H groups in total. The molecule has 126 valence electrons. The number of aliphatic hydroxyl groups is 1. The molecule has 0 aliphatic carbocycles. The van der Waals surface area contributed by atoms with Crippen LogP contribution in [0.5, 0.6) is 0 Å². The molecule has 6 heteroatoms. The fraction of sp³-hybridized carbons (Fsp3) is 0.278. The molecule has 2 aromatic rings. The van der Waals surface area contributed by atoms with E-state index in [1.54, 1.807) is 24.3 Å². The number of hydrogen-bond acceptors (Lipinski definition) is 6. The lowest BCUT2D eigenvalue weighted by molar-refractivity contribution is 0.0601. The van der Waals surface area contributed by atoms with E-state index in [0.717, 1.165) is 17.9 Å². The van der Waals surface area contributed by atoms with Crippen molar-refractivity contribution in [3.8, 4) is 0 Å². The Labute approximate surface area is 141 Å². The maximum Gasteiger partial charge on any atom is 0.337 e. The molecular formula is C18H21N3O3. The number of benzene rings is 2. The van der Waals surface area contributed by atoms with Crippen molar-refractivity contribution >= 4 is 23.0 Å². The van der Waals surface area contributed by atoms with E-state index in [9.17, 15) is 4.79 Å². The molecule has 0 amide bonds. The number of ether oxygens (including phenoxy) is 1. The van der Waals surface area contributed by atoms with Crippen molar-refractivity contribution in [2.75, 3.05) is 31.7 Å². The van der Waals surface area contributed by atoms with Crippen molar-refractivity contribution in [3.05, 3.63) is 54.1 Å². The highest BCUT2D eigenvalue weighted by molar-refractivity contribution is 5.89. The van der Waals surface area contributed by atoms with Crippen LogP contribution in [0.3, 0.4) is 0 Å². The molecule has 0 unspecified atom stereocenters. The molecule has 0 aliphatic rings. The smallest absolute Gasteiger partial charge is 0.337 e. The van der Waals surface area contributed by atoms with Gasteiger partial charge in [0.05, 0.1) is 30.7 Å². The second kappa shape index (κ2) is 8.79. The van der Waals surface area contributed by atoms with Crippen LogP contribution in [0.15, 0.2) is 58.8 Å². The van der Waals surface area contributed by atoms with E-state index < -0.39 is 0 Å². The molecule has 2 aromatic carbocycles. The van der Waals surface area contributed by atoms with Crippen LogP contribution in [0.4, 0.5) is 17.1 Å². The average Bonchev–Trinajstić information content (AvgIpc) is 2.64. The summed E-state index contributed by atoms with van der Waals surface area (Å²) in [5, 5.41) is 17.4. The van der Waals surface area contributed by atoms with Gasteiger partial charge in [0.15, 0.2) is 0 Å². The SMILES string of the molecule is CCN(CCO)c1ccc(N=Nc2ccc(C(=O)OC)cc2)cc1. The Kier molecular flexibility index (Phi) is 6.45. The minimum atomic E-state index is -0.377. The average molecular weight is 327 g/mol. The molecule has 0 bridgehead atoms. The van der Waals surface area contributed by atoms with Crippen molar-refractivity contribution < 1.29 is 14.6 Å². The minimum absolute atomic E-state index is 0.122. The molecule has 6 nitrogen and oxygen atoms in total. The summed E-state index contributed by atoms with van der Waals surface area (Å²) in [6.45, 7) is 3.59. The summed E-state index contributed by atoms with van der Waals surface area (Å²) < 4.78 is 4.65. The highest BCUT2D eigenvalue weighted by atomic mass is 16.5. The Hall–Kier alpha value is -2.73. The molecule has 0 radical (unpaired) electrons. The van der Waals surface area contributed by atoms with Crippen molar-refractivity contribution in [3.63, 3.8) is 0 Å². The summed E-state index contributed by atoms with van der Waals surface area (Å²) in [6, 6.07) is 14.4. The van der Waals surface area contributed by atoms with Gasteiger partial charge in [-0.3, -0.25) is 0 Å². The summed E-state index contributed by atoms with van der Waals surface area (Å²) in [4.78, 5) is 13.4. The predicted molar refractivity (Wildman–Crippen MR) is 93.4 cm³/mol. The van der Waals surface area contributed by atoms with E-state index in [-0.39, 0.29) is 12.6 Å². The third-order valence-electron chi connectivity index (χ3n) is 3.54. The summed E-state index contributed by atoms with van der Waals surface area (Å²) in [6.07, 6.45) is 0. The summed E-state index contributed by atoms with van der Waals surface area (Å²) >= 11 is 0. The zero-order valence-corrected chi connectivity index (χ0v) is 13.8. The summed E-state index contributed by atoms with van der Waals surface area (Å²) in [7, 11) is 1.35. The van der Waals surface area contributed by atoms with Crippen LogP contribution >= 0.6 is 0 Å². The van der Waals surface area contributed by atoms with Gasteiger partial charge in [-0.05, 0) is 55.5 Å². The van der Waals surface area contributed by atoms with Gasteiger partial charge in [-0.1, -0.05) is 0 Å². The Bertz CT molecular complexity index is 682. The van der Waals surface area contributed by atoms with E-state index >= 15 is 0 Å². The van der Waals surface area contributed by atoms with Crippen molar-refractivity contribution in [2.24, 2.45) is 10.2 Å². The number of carbonyl (C=O) groups is 1. The Morgan fingerprint density at radius 3 is 2.04 bits per heavy atom. The highest BCUT2D eigenvalue weighted by Crippen LogP contribution is 2.22. The van der Waals surface area contributed by atoms with E-state index in [0.29, 0.717) is 17.8 Å². The van der Waals surface area contributed by atoms with Crippen LogP contribution in [-0.4, -0.2) is 37.9 Å². The largest absolute Gasteiger partial charge is 0.465 e. The minimum Gasteiger partial charge on any atom is -0.465 e. The zero-order valence-electron chi connectivity index (χ0n) is 13.8. The van der Waals surface area contributed by atoms with Gasteiger partial charge < -0.3 is 14.7 Å². The first-order valence-corrected chi connectivity index (χ1v) is 7.74. The normalized spacial score (nSPS) is 10.8. The maximum atomic E-state index is 11.4. The number of aliphatic hydroxyl groups excluding tert-OH is 1. The lowest BCUT2D eigenvalue weighted by atomic mass is 10.2. The first-order valence-electron chi connectivity index (χ1n) is 7.74. The molecule has 2 rings (SSSR count). The molecule has 0 saturated carbocycles. The number of methoxy groups -OCH3 is 1. The molecule has 0 atom stereocenters. The molecule has 24 heavy (non-hydrogen) atoms. The molecule has 0 aromatic heterocycles. The Morgan fingerprint density at radius 1 is 1.04 bits per heavy atom. The number of anilines is 1. The Balaban J connectivity index is 2.05. The van der Waals surface area contributed by atoms with Gasteiger partial charge in [-0.2, -0.15) is 10.2 Å². The van der Waals surface area contributed by atoms with Crippen molar-refractivity contribution in [1.29, 1.82) is 0 Å². The number of carbonyl (C=O) groups excluding carboxylic acids is 1. The maximum absolute atomic E-state index is 11.4. The van der Waals surface area contributed by atoms with Gasteiger partial charge in [-0.25, -0.2) is 4.79 Å². The third kappa shape index (κ3) is 4.63. The number of hydrogen-bond donors (Lipinski definition) is 1. The van der Waals surface area contributed by atoms with E-state index in [1.165, 1.54) is 7.11 Å². The second-order valence-corrected chi connectivity index (χ2v) is 5.06. The van der Waals surface area contributed by atoms with Gasteiger partial charge in [0.1, 0.15) is 0 Å². The number of rotatable bonds is 7. The monoisotopic (exact) mass is 327 g/mol. The van der Waals surface area contributed by atoms with E-state index in [1.807, 2.05) is 31.2 Å². The van der Waals surface area contributed by atoms with Gasteiger partial charge in [0, 0.05) is 18.8 Å². The van der Waals surface area contributed by atoms with Crippen LogP contribution in [0.25, 0.3) is 0 Å². The van der Waals surface area contributed by atoms with Crippen LogP contribution in [0.1, 0.15) is 17.3 Å². The lowest BCUT2D eigenvalue weighted by Gasteiger charge is -2.21. The van der Waals surface area contributed by atoms with Crippen molar-refractivity contribution in [1.82, 2.24) is 0 Å². The molecular weight excluding hydrogens is 306 g/mol. The van der Waals surface area contributed by atoms with Crippen LogP contribution in [0.2, 0.25) is 0 Å². The topological polar surface area (TPSA) is 74.5 Å². The number of likely N-dealkylation sites (N-methyl/N-ethyl adjacent to an activating group) is 1. The zero-order chi connectivity index (χ0) is 17.4. The van der Waals surface area contributed by atoms with Gasteiger partial charge in [0.2, 0.25) is 0 Å². The standard InChI is InChI=1S/C18H21N3O3/c1-3-21(12-13-22)17-10-8-16(9-11-17)20-19-15-6-4-14(5-7-15)18(23)24-2/h4-11,22H,3,12-13H2,1-2H3. The molecule has 0 saturated heterocycles. The fourth-order valence-corrected chi connectivity index (χ4v) is 2.22. The highest BCUT2D eigenvalue weighted by Gasteiger charge is 2.04. The number of azo groups is 1. The van der Waals surface area contributed by atoms with Crippen LogP contribution < -0.4 is 4.90 Å². The first kappa shape index (κ1) is 17.6. The van der Waals surface area contributed by atoms with Crippen molar-refractivity contribution in [2.45, 2.75) is 6.92 Å². The summed E-state index contributed by atoms with van der Waals surface area (Å²) in [5.41, 5.74) is 2.90. The lowest BCUT2D eigenvalue weighted by Crippen LogP contribution is -2.25. The van der Waals surface area contributed by atoms with Crippen LogP contribution in [-0.2, 0) is 4.74 Å². The first-order chi connectivity index (χ1) is 11.7. The van der Waals surface area contributed by atoms with Gasteiger partial charge in [-0.15, -0.1) is 0 Å². The summed E-state index contributed by atoms with van der Waals surface area (Å²) in [5.74, 6) is -0.377. The molecule has 0 spiro atoms. The fourth-order valence-electron chi connectivity index (χ4n) is 2.22. The Morgan fingerprint density at radius 2 is 1.58 bits per heavy atom. The number of esters is 1. The predicted octanol–water partition coefficient (Wildman–Crippen LogP) is 3.71.